The number of nitrogens with zero attached hydrogens (tertiary/aromatic N) is 4. The highest BCUT2D eigenvalue weighted by atomic mass is 35.5. The smallest absolute Gasteiger partial charge is 0.208 e. The van der Waals surface area contributed by atoms with Crippen LogP contribution in [0.25, 0.3) is 22.7 Å². The third kappa shape index (κ3) is 2.74. The van der Waals surface area contributed by atoms with Crippen LogP contribution in [0.2, 0.25) is 0 Å². The summed E-state index contributed by atoms with van der Waals surface area (Å²) in [4.78, 5) is 12.9. The lowest BCUT2D eigenvalue weighted by atomic mass is 10.4. The van der Waals surface area contributed by atoms with E-state index in [4.69, 9.17) is 15.3 Å². The Balaban J connectivity index is 0.00000176. The molecular formula is C14H14ClN5O2. The van der Waals surface area contributed by atoms with Crippen molar-refractivity contribution in [3.63, 3.8) is 0 Å². The van der Waals surface area contributed by atoms with E-state index in [9.17, 15) is 0 Å². The molecule has 0 aliphatic rings. The van der Waals surface area contributed by atoms with Crippen molar-refractivity contribution < 1.29 is 9.52 Å². The Morgan fingerprint density at radius 1 is 1.36 bits per heavy atom. The lowest BCUT2D eigenvalue weighted by molar-refractivity contribution is 0.305. The Hall–Kier alpha value is -2.56. The number of fused-ring (bicyclic) bond motifs is 1. The van der Waals surface area contributed by atoms with Crippen molar-refractivity contribution in [3.05, 3.63) is 24.2 Å². The van der Waals surface area contributed by atoms with Gasteiger partial charge in [-0.1, -0.05) is 5.92 Å². The first-order valence-electron chi connectivity index (χ1n) is 6.34. The quantitative estimate of drug-likeness (QED) is 0.691. The summed E-state index contributed by atoms with van der Waals surface area (Å²) in [5.41, 5.74) is 7.02. The molecule has 3 aromatic rings. The molecule has 7 nitrogen and oxygen atoms in total. The largest absolute Gasteiger partial charge is 0.461 e. The van der Waals surface area contributed by atoms with Crippen molar-refractivity contribution in [2.75, 3.05) is 12.3 Å². The van der Waals surface area contributed by atoms with Crippen molar-refractivity contribution in [1.29, 1.82) is 0 Å². The number of nitrogens with two attached hydrogens (primary N) is 1. The molecule has 0 unspecified atom stereocenters. The van der Waals surface area contributed by atoms with Crippen LogP contribution in [0.4, 0.5) is 5.82 Å². The van der Waals surface area contributed by atoms with Crippen LogP contribution >= 0.6 is 12.4 Å². The van der Waals surface area contributed by atoms with Crippen molar-refractivity contribution in [3.8, 4) is 23.4 Å². The fraction of sp³-hybridized carbons (Fsp3) is 0.214. The normalized spacial score (nSPS) is 10.1. The molecule has 0 atom stereocenters. The van der Waals surface area contributed by atoms with E-state index in [1.807, 2.05) is 13.1 Å². The molecule has 8 heteroatoms. The van der Waals surface area contributed by atoms with Crippen LogP contribution in [-0.2, 0) is 7.05 Å². The van der Waals surface area contributed by atoms with Crippen LogP contribution in [0.3, 0.4) is 0 Å². The van der Waals surface area contributed by atoms with Crippen LogP contribution < -0.4 is 5.73 Å². The van der Waals surface area contributed by atoms with Gasteiger partial charge in [-0.3, -0.25) is 0 Å². The van der Waals surface area contributed by atoms with E-state index in [2.05, 4.69) is 26.8 Å². The highest BCUT2D eigenvalue weighted by molar-refractivity contribution is 5.85. The van der Waals surface area contributed by atoms with Gasteiger partial charge in [-0.25, -0.2) is 15.0 Å². The van der Waals surface area contributed by atoms with Gasteiger partial charge in [0.05, 0.1) is 12.9 Å². The zero-order valence-corrected chi connectivity index (χ0v) is 12.6. The van der Waals surface area contributed by atoms with E-state index in [1.165, 1.54) is 0 Å². The van der Waals surface area contributed by atoms with E-state index < -0.39 is 0 Å². The van der Waals surface area contributed by atoms with Crippen LogP contribution in [0, 0.1) is 11.8 Å². The van der Waals surface area contributed by atoms with Crippen LogP contribution in [0.15, 0.2) is 22.8 Å². The van der Waals surface area contributed by atoms with Crippen molar-refractivity contribution in [2.45, 2.75) is 6.42 Å². The van der Waals surface area contributed by atoms with Gasteiger partial charge >= 0.3 is 0 Å². The highest BCUT2D eigenvalue weighted by Gasteiger charge is 2.16. The molecule has 0 aliphatic heterocycles. The van der Waals surface area contributed by atoms with Gasteiger partial charge in [0.25, 0.3) is 0 Å². The molecule has 3 aromatic heterocycles. The number of imidazole rings is 1. The summed E-state index contributed by atoms with van der Waals surface area (Å²) in [7, 11) is 1.82. The number of hydrogen-bond acceptors (Lipinski definition) is 6. The van der Waals surface area contributed by atoms with Crippen molar-refractivity contribution in [2.24, 2.45) is 7.05 Å². The number of aliphatic hydroxyl groups excluding tert-OH is 1. The summed E-state index contributed by atoms with van der Waals surface area (Å²) in [6.45, 7) is -0.000914. The van der Waals surface area contributed by atoms with Gasteiger partial charge in [-0.15, -0.1) is 12.4 Å². The molecule has 3 heterocycles. The van der Waals surface area contributed by atoms with Gasteiger partial charge in [0.2, 0.25) is 5.82 Å². The molecule has 0 aliphatic carbocycles. The molecule has 0 bridgehead atoms. The topological polar surface area (TPSA) is 103 Å². The van der Waals surface area contributed by atoms with Gasteiger partial charge in [0.1, 0.15) is 0 Å². The standard InChI is InChI=1S/C14H13N5O2.ClH/c1-19-13(9-5-4-8-21-9)18-11-12(15)16-10(17-14(11)19)6-2-3-7-20;/h4-5,8,20H,3,7H2,1H3,(H2,15,16,17);1H. The summed E-state index contributed by atoms with van der Waals surface area (Å²) in [5, 5.41) is 8.73. The summed E-state index contributed by atoms with van der Waals surface area (Å²) < 4.78 is 7.13. The number of rotatable bonds is 2. The van der Waals surface area contributed by atoms with Crippen LogP contribution in [-0.4, -0.2) is 31.2 Å². The Labute approximate surface area is 132 Å². The Morgan fingerprint density at radius 3 is 2.86 bits per heavy atom. The number of aliphatic hydroxyl groups is 1. The highest BCUT2D eigenvalue weighted by Crippen LogP contribution is 2.25. The van der Waals surface area contributed by atoms with Crippen molar-refractivity contribution >= 4 is 29.4 Å². The number of aryl methyl sites for hydroxylation is 1. The maximum atomic E-state index is 8.73. The molecule has 0 spiro atoms. The second-order valence-electron chi connectivity index (χ2n) is 4.35. The lowest BCUT2D eigenvalue weighted by Crippen LogP contribution is -2.00. The molecule has 22 heavy (non-hydrogen) atoms. The molecular weight excluding hydrogens is 306 g/mol. The Bertz CT molecular complexity index is 846. The number of halogens is 1. The molecule has 0 aromatic carbocycles. The number of furan rings is 1. The molecule has 3 rings (SSSR count). The molecule has 3 N–H and O–H groups in total. The Kier molecular flexibility index (Phi) is 4.65. The SMILES string of the molecule is Cl.Cn1c(-c2ccco2)nc2c(N)nc(C#CCCO)nc21. The van der Waals surface area contributed by atoms with E-state index in [1.54, 1.807) is 16.9 Å². The average Bonchev–Trinajstić information content (AvgIpc) is 3.08. The monoisotopic (exact) mass is 319 g/mol. The second-order valence-corrected chi connectivity index (χ2v) is 4.35. The summed E-state index contributed by atoms with van der Waals surface area (Å²) >= 11 is 0. The number of anilines is 1. The lowest BCUT2D eigenvalue weighted by Gasteiger charge is -1.99. The predicted octanol–water partition coefficient (Wildman–Crippen LogP) is 1.36. The second kappa shape index (κ2) is 6.47. The number of aromatic nitrogens is 4. The van der Waals surface area contributed by atoms with E-state index in [-0.39, 0.29) is 24.8 Å². The van der Waals surface area contributed by atoms with Gasteiger partial charge in [-0.05, 0) is 18.1 Å². The molecule has 0 amide bonds. The summed E-state index contributed by atoms with van der Waals surface area (Å²) in [5.74, 6) is 7.36. The fourth-order valence-electron chi connectivity index (χ4n) is 1.96. The predicted molar refractivity (Wildman–Crippen MR) is 84.2 cm³/mol. The minimum atomic E-state index is -0.000914. The minimum absolute atomic E-state index is 0. The van der Waals surface area contributed by atoms with Crippen LogP contribution in [0.5, 0.6) is 0 Å². The average molecular weight is 320 g/mol. The summed E-state index contributed by atoms with van der Waals surface area (Å²) in [6, 6.07) is 3.60. The van der Waals surface area contributed by atoms with Gasteiger partial charge < -0.3 is 19.8 Å². The van der Waals surface area contributed by atoms with E-state index in [0.29, 0.717) is 35.0 Å². The first-order valence-corrected chi connectivity index (χ1v) is 6.34. The first kappa shape index (κ1) is 15.8. The maximum absolute atomic E-state index is 8.73. The third-order valence-electron chi connectivity index (χ3n) is 2.92. The molecule has 0 fully saturated rings. The molecule has 0 saturated heterocycles. The fourth-order valence-corrected chi connectivity index (χ4v) is 1.96. The van der Waals surface area contributed by atoms with Gasteiger partial charge in [0, 0.05) is 13.5 Å². The van der Waals surface area contributed by atoms with E-state index in [0.717, 1.165) is 0 Å². The summed E-state index contributed by atoms with van der Waals surface area (Å²) in [6.07, 6.45) is 1.94. The van der Waals surface area contributed by atoms with E-state index >= 15 is 0 Å². The zero-order chi connectivity index (χ0) is 14.8. The maximum Gasteiger partial charge on any atom is 0.208 e. The first-order chi connectivity index (χ1) is 10.2. The Morgan fingerprint density at radius 2 is 2.18 bits per heavy atom. The van der Waals surface area contributed by atoms with Crippen molar-refractivity contribution in [1.82, 2.24) is 19.5 Å². The number of hydrogen-bond donors (Lipinski definition) is 2. The van der Waals surface area contributed by atoms with Gasteiger partial charge in [0.15, 0.2) is 28.6 Å². The molecule has 0 radical (unpaired) electrons. The van der Waals surface area contributed by atoms with Crippen LogP contribution in [0.1, 0.15) is 12.2 Å². The van der Waals surface area contributed by atoms with Gasteiger partial charge in [-0.2, -0.15) is 0 Å². The third-order valence-corrected chi connectivity index (χ3v) is 2.92. The number of nitrogen functional groups attached to an aromatic ring is 1. The molecule has 114 valence electrons. The zero-order valence-electron chi connectivity index (χ0n) is 11.8. The molecule has 0 saturated carbocycles. The minimum Gasteiger partial charge on any atom is -0.461 e.